The topological polar surface area (TPSA) is 57.6 Å². The Hall–Kier alpha value is -0.130. The Morgan fingerprint density at radius 2 is 1.08 bits per heavy atom. The summed E-state index contributed by atoms with van der Waals surface area (Å²) in [6.07, 6.45) is 17.8. The summed E-state index contributed by atoms with van der Waals surface area (Å²) in [6.45, 7) is 8.12. The second kappa shape index (κ2) is 14.0. The lowest BCUT2D eigenvalue weighted by Crippen LogP contribution is -2.47. The molecule has 0 amide bonds. The normalized spacial score (nSPS) is 12.9. The third-order valence-corrected chi connectivity index (χ3v) is 6.44. The maximum atomic E-state index is 11.4. The number of hydrogen-bond donors (Lipinski definition) is 1. The van der Waals surface area contributed by atoms with Crippen molar-refractivity contribution in [3.05, 3.63) is 0 Å². The zero-order valence-corrected chi connectivity index (χ0v) is 18.0. The fourth-order valence-corrected chi connectivity index (χ4v) is 4.65. The van der Waals surface area contributed by atoms with E-state index in [1.807, 2.05) is 13.8 Å². The number of nitrogens with zero attached hydrogens (tertiary/aromatic N) is 1. The van der Waals surface area contributed by atoms with E-state index in [9.17, 15) is 13.0 Å². The lowest BCUT2D eigenvalue weighted by atomic mass is 9.96. The highest BCUT2D eigenvalue weighted by Gasteiger charge is 2.33. The summed E-state index contributed by atoms with van der Waals surface area (Å²) in [5.74, 6) is 0. The summed E-state index contributed by atoms with van der Waals surface area (Å²) in [7, 11) is -4.11. The first-order chi connectivity index (χ1) is 11.8. The van der Waals surface area contributed by atoms with Crippen molar-refractivity contribution in [2.75, 3.05) is 6.54 Å². The molecule has 152 valence electrons. The molecule has 0 atom stereocenters. The first-order valence-electron chi connectivity index (χ1n) is 10.5. The maximum absolute atomic E-state index is 11.4. The highest BCUT2D eigenvalue weighted by atomic mass is 32.2. The quantitative estimate of drug-likeness (QED) is 0.237. The zero-order chi connectivity index (χ0) is 19.2. The van der Waals surface area contributed by atoms with Crippen LogP contribution in [-0.4, -0.2) is 29.4 Å². The van der Waals surface area contributed by atoms with E-state index in [1.165, 1.54) is 74.9 Å². The van der Waals surface area contributed by atoms with Crippen LogP contribution in [0.2, 0.25) is 0 Å². The second-order valence-electron chi connectivity index (χ2n) is 7.95. The van der Waals surface area contributed by atoms with E-state index in [-0.39, 0.29) is 0 Å². The standard InChI is InChI=1S/C20H43NO3S/c1-5-7-8-9-10-11-12-13-14-15-16-17-18-19-20(3,4)21(6-2)25(22,23)24/h5-19H2,1-4H3,(H,22,23,24). The fourth-order valence-electron chi connectivity index (χ4n) is 3.60. The SMILES string of the molecule is CCCCCCCCCCCCCCCC(C)(C)N(CC)S(=O)(=O)O. The largest absolute Gasteiger partial charge is 0.336 e. The molecule has 0 fully saturated rings. The Morgan fingerprint density at radius 1 is 0.720 bits per heavy atom. The van der Waals surface area contributed by atoms with Gasteiger partial charge in [0.05, 0.1) is 0 Å². The molecule has 0 radical (unpaired) electrons. The average Bonchev–Trinajstić information content (AvgIpc) is 2.50. The van der Waals surface area contributed by atoms with Crippen LogP contribution in [0.15, 0.2) is 0 Å². The molecule has 25 heavy (non-hydrogen) atoms. The zero-order valence-electron chi connectivity index (χ0n) is 17.2. The average molecular weight is 378 g/mol. The predicted molar refractivity (Wildman–Crippen MR) is 108 cm³/mol. The van der Waals surface area contributed by atoms with Crippen molar-refractivity contribution < 1.29 is 13.0 Å². The molecule has 0 saturated heterocycles. The summed E-state index contributed by atoms with van der Waals surface area (Å²) in [5, 5.41) is 0. The molecular formula is C20H43NO3S. The van der Waals surface area contributed by atoms with E-state index in [1.54, 1.807) is 6.92 Å². The van der Waals surface area contributed by atoms with Crippen molar-refractivity contribution in [3.63, 3.8) is 0 Å². The molecule has 0 saturated carbocycles. The summed E-state index contributed by atoms with van der Waals surface area (Å²) in [4.78, 5) is 0. The monoisotopic (exact) mass is 377 g/mol. The fraction of sp³-hybridized carbons (Fsp3) is 1.00. The van der Waals surface area contributed by atoms with Crippen LogP contribution < -0.4 is 0 Å². The van der Waals surface area contributed by atoms with Crippen LogP contribution in [-0.2, 0) is 10.3 Å². The molecule has 0 spiro atoms. The molecule has 5 heteroatoms. The van der Waals surface area contributed by atoms with Gasteiger partial charge in [0.25, 0.3) is 0 Å². The van der Waals surface area contributed by atoms with Crippen LogP contribution in [0.4, 0.5) is 0 Å². The number of unbranched alkanes of at least 4 members (excludes halogenated alkanes) is 12. The van der Waals surface area contributed by atoms with Gasteiger partial charge >= 0.3 is 10.3 Å². The first-order valence-corrected chi connectivity index (χ1v) is 11.9. The molecule has 0 aliphatic carbocycles. The Labute approximate surface area is 157 Å². The molecule has 0 aromatic carbocycles. The van der Waals surface area contributed by atoms with E-state index in [2.05, 4.69) is 6.92 Å². The van der Waals surface area contributed by atoms with Crippen molar-refractivity contribution in [1.29, 1.82) is 0 Å². The van der Waals surface area contributed by atoms with E-state index in [0.717, 1.165) is 19.3 Å². The molecular weight excluding hydrogens is 334 g/mol. The van der Waals surface area contributed by atoms with E-state index in [0.29, 0.717) is 6.54 Å². The molecule has 0 aliphatic heterocycles. The lowest BCUT2D eigenvalue weighted by molar-refractivity contribution is 0.196. The minimum absolute atomic E-state index is 0.310. The third kappa shape index (κ3) is 12.8. The van der Waals surface area contributed by atoms with Gasteiger partial charge in [0.15, 0.2) is 0 Å². The van der Waals surface area contributed by atoms with Gasteiger partial charge in [0, 0.05) is 12.1 Å². The molecule has 4 nitrogen and oxygen atoms in total. The molecule has 0 aliphatic rings. The van der Waals surface area contributed by atoms with Gasteiger partial charge in [0.1, 0.15) is 0 Å². The molecule has 0 rings (SSSR count). The van der Waals surface area contributed by atoms with Crippen molar-refractivity contribution >= 4 is 10.3 Å². The molecule has 1 N–H and O–H groups in total. The van der Waals surface area contributed by atoms with Crippen molar-refractivity contribution in [3.8, 4) is 0 Å². The van der Waals surface area contributed by atoms with Gasteiger partial charge in [-0.15, -0.1) is 0 Å². The van der Waals surface area contributed by atoms with Gasteiger partial charge in [-0.05, 0) is 20.3 Å². The van der Waals surface area contributed by atoms with Crippen molar-refractivity contribution in [2.45, 2.75) is 123 Å². The van der Waals surface area contributed by atoms with Crippen LogP contribution in [0.1, 0.15) is 118 Å². The summed E-state index contributed by atoms with van der Waals surface area (Å²) >= 11 is 0. The summed E-state index contributed by atoms with van der Waals surface area (Å²) in [5.41, 5.74) is -0.514. The molecule has 0 bridgehead atoms. The van der Waals surface area contributed by atoms with Gasteiger partial charge in [-0.1, -0.05) is 97.3 Å². The Balaban J connectivity index is 3.60. The van der Waals surface area contributed by atoms with Crippen molar-refractivity contribution in [2.24, 2.45) is 0 Å². The molecule has 0 unspecified atom stereocenters. The minimum Gasteiger partial charge on any atom is -0.273 e. The van der Waals surface area contributed by atoms with Crippen LogP contribution in [0, 0.1) is 0 Å². The second-order valence-corrected chi connectivity index (χ2v) is 9.28. The van der Waals surface area contributed by atoms with E-state index in [4.69, 9.17) is 0 Å². The number of rotatable bonds is 17. The number of hydrogen-bond acceptors (Lipinski definition) is 2. The maximum Gasteiger partial charge on any atom is 0.336 e. The van der Waals surface area contributed by atoms with Gasteiger partial charge in [0.2, 0.25) is 0 Å². The van der Waals surface area contributed by atoms with E-state index >= 15 is 0 Å². The smallest absolute Gasteiger partial charge is 0.273 e. The van der Waals surface area contributed by atoms with Crippen LogP contribution in [0.5, 0.6) is 0 Å². The highest BCUT2D eigenvalue weighted by Crippen LogP contribution is 2.24. The van der Waals surface area contributed by atoms with Crippen LogP contribution >= 0.6 is 0 Å². The van der Waals surface area contributed by atoms with Gasteiger partial charge in [-0.2, -0.15) is 12.7 Å². The first kappa shape index (κ1) is 24.9. The Morgan fingerprint density at radius 3 is 1.40 bits per heavy atom. The minimum atomic E-state index is -4.11. The third-order valence-electron chi connectivity index (χ3n) is 5.13. The van der Waals surface area contributed by atoms with Gasteiger partial charge < -0.3 is 0 Å². The highest BCUT2D eigenvalue weighted by molar-refractivity contribution is 7.83. The van der Waals surface area contributed by atoms with Crippen LogP contribution in [0.25, 0.3) is 0 Å². The van der Waals surface area contributed by atoms with E-state index < -0.39 is 15.8 Å². The Bertz CT molecular complexity index is 407. The molecule has 0 aromatic heterocycles. The Kier molecular flexibility index (Phi) is 13.9. The van der Waals surface area contributed by atoms with Crippen molar-refractivity contribution in [1.82, 2.24) is 4.31 Å². The molecule has 0 heterocycles. The summed E-state index contributed by atoms with van der Waals surface area (Å²) in [6, 6.07) is 0. The summed E-state index contributed by atoms with van der Waals surface area (Å²) < 4.78 is 33.4. The van der Waals surface area contributed by atoms with Crippen LogP contribution in [0.3, 0.4) is 0 Å². The lowest BCUT2D eigenvalue weighted by Gasteiger charge is -2.34. The van der Waals surface area contributed by atoms with Gasteiger partial charge in [-0.3, -0.25) is 4.55 Å². The molecule has 0 aromatic rings. The van der Waals surface area contributed by atoms with Gasteiger partial charge in [-0.25, -0.2) is 0 Å². The predicted octanol–water partition coefficient (Wildman–Crippen LogP) is 6.37.